The summed E-state index contributed by atoms with van der Waals surface area (Å²) < 4.78 is 10.6. The van der Waals surface area contributed by atoms with Gasteiger partial charge in [0.05, 0.1) is 19.9 Å². The predicted octanol–water partition coefficient (Wildman–Crippen LogP) is 3.64. The van der Waals surface area contributed by atoms with Gasteiger partial charge in [-0.15, -0.1) is 11.3 Å². The average Bonchev–Trinajstić information content (AvgIpc) is 3.37. The number of urea groups is 1. The smallest absolute Gasteiger partial charge is 0.344 e. The fraction of sp³-hybridized carbons (Fsp3) is 0.250. The third kappa shape index (κ3) is 3.86. The van der Waals surface area contributed by atoms with Crippen molar-refractivity contribution < 1.29 is 23.9 Å². The molecule has 0 bridgehead atoms. The lowest BCUT2D eigenvalue weighted by atomic mass is 9.87. The number of aryl methyl sites for hydroxylation is 1. The topological polar surface area (TPSA) is 110 Å². The molecule has 10 heteroatoms. The van der Waals surface area contributed by atoms with Crippen LogP contribution in [-0.4, -0.2) is 42.1 Å². The Morgan fingerprint density at radius 3 is 2.47 bits per heavy atom. The molecule has 4 rings (SSSR count). The van der Waals surface area contributed by atoms with Gasteiger partial charge in [0.15, 0.2) is 11.5 Å². The summed E-state index contributed by atoms with van der Waals surface area (Å²) in [6.07, 6.45) is 0.330. The monoisotopic (exact) mass is 480 g/mol. The quantitative estimate of drug-likeness (QED) is 0.500. The summed E-state index contributed by atoms with van der Waals surface area (Å²) in [6.45, 7) is 3.50. The van der Waals surface area contributed by atoms with Gasteiger partial charge in [-0.1, -0.05) is 37.3 Å². The van der Waals surface area contributed by atoms with Gasteiger partial charge in [-0.3, -0.25) is 15.0 Å². The van der Waals surface area contributed by atoms with Crippen molar-refractivity contribution in [2.45, 2.75) is 25.8 Å². The number of nitrogens with zero attached hydrogens (tertiary/aromatic N) is 2. The van der Waals surface area contributed by atoms with Gasteiger partial charge in [0.1, 0.15) is 15.4 Å². The Labute approximate surface area is 200 Å². The van der Waals surface area contributed by atoms with Crippen molar-refractivity contribution in [2.75, 3.05) is 14.2 Å². The number of aromatic nitrogens is 1. The number of benzene rings is 2. The number of hydrogen-bond acceptors (Lipinski definition) is 7. The standard InChI is InChI=1S/C24H24N4O5S/c1-5-24(16-9-7-6-8-10-16)22(30)28(23(31)26-24)27-20(29)19-14(2)25-21(34-19)15-11-12-17(32-3)18(13-15)33-4/h6-13H,5H2,1-4H3,(H,26,31)(H,27,29). The third-order valence-electron chi connectivity index (χ3n) is 5.74. The summed E-state index contributed by atoms with van der Waals surface area (Å²) in [6, 6.07) is 13.6. The second-order valence-electron chi connectivity index (χ2n) is 7.64. The number of carbonyl (C=O) groups is 3. The second-order valence-corrected chi connectivity index (χ2v) is 8.64. The maximum Gasteiger partial charge on any atom is 0.344 e. The third-order valence-corrected chi connectivity index (χ3v) is 6.94. The number of methoxy groups -OCH3 is 2. The van der Waals surface area contributed by atoms with Crippen molar-refractivity contribution in [1.82, 2.24) is 20.7 Å². The van der Waals surface area contributed by atoms with Crippen molar-refractivity contribution in [1.29, 1.82) is 0 Å². The maximum atomic E-state index is 13.3. The molecule has 1 fully saturated rings. The summed E-state index contributed by atoms with van der Waals surface area (Å²) >= 11 is 1.15. The normalized spacial score (nSPS) is 17.5. The first-order valence-electron chi connectivity index (χ1n) is 10.6. The fourth-order valence-corrected chi connectivity index (χ4v) is 4.84. The van der Waals surface area contributed by atoms with Crippen molar-refractivity contribution >= 4 is 29.2 Å². The molecule has 1 atom stereocenters. The van der Waals surface area contributed by atoms with Crippen molar-refractivity contribution in [2.24, 2.45) is 0 Å². The number of imide groups is 1. The van der Waals surface area contributed by atoms with Crippen molar-refractivity contribution in [3.05, 3.63) is 64.7 Å². The molecule has 0 radical (unpaired) electrons. The summed E-state index contributed by atoms with van der Waals surface area (Å²) in [5.41, 5.74) is 3.09. The summed E-state index contributed by atoms with van der Waals surface area (Å²) in [5, 5.41) is 4.08. The number of amides is 4. The van der Waals surface area contributed by atoms with Crippen LogP contribution in [0.2, 0.25) is 0 Å². The minimum absolute atomic E-state index is 0.291. The molecule has 0 saturated carbocycles. The molecule has 0 spiro atoms. The molecule has 1 saturated heterocycles. The largest absolute Gasteiger partial charge is 0.493 e. The van der Waals surface area contributed by atoms with E-state index < -0.39 is 23.4 Å². The van der Waals surface area contributed by atoms with Crippen LogP contribution in [0.1, 0.15) is 34.3 Å². The Morgan fingerprint density at radius 1 is 1.12 bits per heavy atom. The highest BCUT2D eigenvalue weighted by Gasteiger charge is 2.52. The fourth-order valence-electron chi connectivity index (χ4n) is 3.89. The predicted molar refractivity (Wildman–Crippen MR) is 127 cm³/mol. The van der Waals surface area contributed by atoms with E-state index in [0.29, 0.717) is 39.1 Å². The summed E-state index contributed by atoms with van der Waals surface area (Å²) in [5.74, 6) is -0.0177. The van der Waals surface area contributed by atoms with Gasteiger partial charge < -0.3 is 14.8 Å². The van der Waals surface area contributed by atoms with Crippen LogP contribution in [0.25, 0.3) is 10.6 Å². The van der Waals surface area contributed by atoms with Crippen LogP contribution in [-0.2, 0) is 10.3 Å². The number of hydrogen-bond donors (Lipinski definition) is 2. The first-order chi connectivity index (χ1) is 16.3. The van der Waals surface area contributed by atoms with Gasteiger partial charge in [0.25, 0.3) is 11.8 Å². The van der Waals surface area contributed by atoms with E-state index >= 15 is 0 Å². The van der Waals surface area contributed by atoms with Gasteiger partial charge in [0.2, 0.25) is 0 Å². The van der Waals surface area contributed by atoms with E-state index in [2.05, 4.69) is 15.7 Å². The Bertz CT molecular complexity index is 1260. The molecule has 1 aromatic heterocycles. The lowest BCUT2D eigenvalue weighted by Gasteiger charge is -2.25. The van der Waals surface area contributed by atoms with Crippen LogP contribution < -0.4 is 20.2 Å². The summed E-state index contributed by atoms with van der Waals surface area (Å²) in [4.78, 5) is 43.8. The number of hydrazine groups is 1. The SMILES string of the molecule is CCC1(c2ccccc2)NC(=O)N(NC(=O)c2sc(-c3ccc(OC)c(OC)c3)nc2C)C1=O. The highest BCUT2D eigenvalue weighted by molar-refractivity contribution is 7.17. The first-order valence-corrected chi connectivity index (χ1v) is 11.4. The molecule has 4 amide bonds. The number of carbonyl (C=O) groups excluding carboxylic acids is 3. The van der Waals surface area contributed by atoms with E-state index in [9.17, 15) is 14.4 Å². The van der Waals surface area contributed by atoms with E-state index in [1.54, 1.807) is 57.4 Å². The van der Waals surface area contributed by atoms with Gasteiger partial charge >= 0.3 is 6.03 Å². The summed E-state index contributed by atoms with van der Waals surface area (Å²) in [7, 11) is 3.09. The molecule has 34 heavy (non-hydrogen) atoms. The molecule has 3 aromatic rings. The zero-order chi connectivity index (χ0) is 24.5. The lowest BCUT2D eigenvalue weighted by Crippen LogP contribution is -2.48. The van der Waals surface area contributed by atoms with E-state index in [-0.39, 0.29) is 0 Å². The van der Waals surface area contributed by atoms with Crippen LogP contribution in [0.3, 0.4) is 0 Å². The molecule has 1 aliphatic rings. The number of nitrogens with one attached hydrogen (secondary N) is 2. The Morgan fingerprint density at radius 2 is 1.82 bits per heavy atom. The van der Waals surface area contributed by atoms with Gasteiger partial charge in [-0.05, 0) is 37.1 Å². The molecule has 2 aromatic carbocycles. The van der Waals surface area contributed by atoms with Crippen molar-refractivity contribution in [3.63, 3.8) is 0 Å². The highest BCUT2D eigenvalue weighted by atomic mass is 32.1. The van der Waals surface area contributed by atoms with E-state index in [1.807, 2.05) is 12.1 Å². The second kappa shape index (κ2) is 9.14. The van der Waals surface area contributed by atoms with Crippen LogP contribution >= 0.6 is 11.3 Å². The molecule has 9 nitrogen and oxygen atoms in total. The zero-order valence-electron chi connectivity index (χ0n) is 19.2. The zero-order valence-corrected chi connectivity index (χ0v) is 20.0. The van der Waals surface area contributed by atoms with Crippen molar-refractivity contribution in [3.8, 4) is 22.1 Å². The molecule has 0 aliphatic carbocycles. The Kier molecular flexibility index (Phi) is 6.25. The minimum atomic E-state index is -1.24. The number of rotatable bonds is 7. The van der Waals surface area contributed by atoms with Gasteiger partial charge in [0, 0.05) is 5.56 Å². The van der Waals surface area contributed by atoms with E-state index in [4.69, 9.17) is 9.47 Å². The van der Waals surface area contributed by atoms with E-state index in [0.717, 1.165) is 21.9 Å². The first kappa shape index (κ1) is 23.2. The molecule has 1 aliphatic heterocycles. The molecular weight excluding hydrogens is 456 g/mol. The number of thiazole rings is 1. The van der Waals surface area contributed by atoms with Crippen LogP contribution in [0.4, 0.5) is 4.79 Å². The Balaban J connectivity index is 1.59. The lowest BCUT2D eigenvalue weighted by molar-refractivity contribution is -0.133. The van der Waals surface area contributed by atoms with Crippen LogP contribution in [0.15, 0.2) is 48.5 Å². The van der Waals surface area contributed by atoms with Crippen LogP contribution in [0, 0.1) is 6.92 Å². The molecule has 2 heterocycles. The molecule has 176 valence electrons. The Hall–Kier alpha value is -3.92. The van der Waals surface area contributed by atoms with Gasteiger partial charge in [-0.2, -0.15) is 5.01 Å². The molecule has 2 N–H and O–H groups in total. The molecule has 1 unspecified atom stereocenters. The number of ether oxygens (including phenoxy) is 2. The molecular formula is C24H24N4O5S. The van der Waals surface area contributed by atoms with E-state index in [1.165, 1.54) is 7.11 Å². The minimum Gasteiger partial charge on any atom is -0.493 e. The average molecular weight is 481 g/mol. The van der Waals surface area contributed by atoms with Gasteiger partial charge in [-0.25, -0.2) is 9.78 Å². The van der Waals surface area contributed by atoms with Crippen LogP contribution in [0.5, 0.6) is 11.5 Å². The highest BCUT2D eigenvalue weighted by Crippen LogP contribution is 2.35. The maximum absolute atomic E-state index is 13.3.